The maximum absolute atomic E-state index is 10.7. The number of amides is 1. The number of hydrogen-bond donors (Lipinski definition) is 3. The topological polar surface area (TPSA) is 84.6 Å². The summed E-state index contributed by atoms with van der Waals surface area (Å²) in [6.45, 7) is 2.21. The lowest BCUT2D eigenvalue weighted by Gasteiger charge is -2.16. The van der Waals surface area contributed by atoms with Gasteiger partial charge in [-0.3, -0.25) is 4.79 Å². The molecule has 0 aliphatic carbocycles. The largest absolute Gasteiger partial charge is 0.497 e. The number of rotatable bonds is 7. The van der Waals surface area contributed by atoms with Crippen molar-refractivity contribution in [1.82, 2.24) is 5.32 Å². The van der Waals surface area contributed by atoms with Crippen LogP contribution in [-0.2, 0) is 4.79 Å². The smallest absolute Gasteiger partial charge is 0.218 e. The van der Waals surface area contributed by atoms with Crippen LogP contribution >= 0.6 is 0 Å². The van der Waals surface area contributed by atoms with Crippen LogP contribution in [0, 0.1) is 0 Å². The first-order valence-electron chi connectivity index (χ1n) is 5.86. The van der Waals surface area contributed by atoms with Crippen LogP contribution < -0.4 is 15.8 Å². The maximum atomic E-state index is 10.7. The molecule has 0 bridgehead atoms. The number of ether oxygens (including phenoxy) is 1. The Hall–Kier alpha value is -1.59. The van der Waals surface area contributed by atoms with Gasteiger partial charge < -0.3 is 20.9 Å². The van der Waals surface area contributed by atoms with Crippen LogP contribution in [0.1, 0.15) is 25.0 Å². The number of methoxy groups -OCH3 is 1. The monoisotopic (exact) mass is 252 g/mol. The Morgan fingerprint density at radius 3 is 2.89 bits per heavy atom. The highest BCUT2D eigenvalue weighted by molar-refractivity contribution is 5.74. The summed E-state index contributed by atoms with van der Waals surface area (Å²) in [6.07, 6.45) is -0.388. The highest BCUT2D eigenvalue weighted by Crippen LogP contribution is 2.18. The average Bonchev–Trinajstić information content (AvgIpc) is 2.35. The maximum Gasteiger partial charge on any atom is 0.218 e. The van der Waals surface area contributed by atoms with E-state index in [-0.39, 0.29) is 18.4 Å². The summed E-state index contributed by atoms with van der Waals surface area (Å²) < 4.78 is 5.09. The number of carbonyl (C=O) groups excluding carboxylic acids is 1. The quantitative estimate of drug-likeness (QED) is 0.663. The third kappa shape index (κ3) is 4.73. The summed E-state index contributed by atoms with van der Waals surface area (Å²) in [5.41, 5.74) is 5.86. The second-order valence-corrected chi connectivity index (χ2v) is 4.27. The van der Waals surface area contributed by atoms with Crippen molar-refractivity contribution in [3.05, 3.63) is 29.8 Å². The molecule has 0 aromatic heterocycles. The first kappa shape index (κ1) is 14.5. The van der Waals surface area contributed by atoms with Gasteiger partial charge in [-0.25, -0.2) is 0 Å². The molecular formula is C13H20N2O3. The number of nitrogens with two attached hydrogens (primary N) is 1. The zero-order valence-corrected chi connectivity index (χ0v) is 10.7. The van der Waals surface area contributed by atoms with Crippen molar-refractivity contribution in [3.8, 4) is 5.75 Å². The van der Waals surface area contributed by atoms with E-state index >= 15 is 0 Å². The lowest BCUT2D eigenvalue weighted by Crippen LogP contribution is -2.33. The predicted octanol–water partition coefficient (Wildman–Crippen LogP) is 0.582. The first-order valence-corrected chi connectivity index (χ1v) is 5.86. The predicted molar refractivity (Wildman–Crippen MR) is 69.2 cm³/mol. The van der Waals surface area contributed by atoms with E-state index in [9.17, 15) is 9.90 Å². The molecule has 0 radical (unpaired) electrons. The van der Waals surface area contributed by atoms with Gasteiger partial charge in [0.15, 0.2) is 0 Å². The minimum absolute atomic E-state index is 0.0530. The second-order valence-electron chi connectivity index (χ2n) is 4.27. The van der Waals surface area contributed by atoms with Crippen LogP contribution in [0.4, 0.5) is 0 Å². The van der Waals surface area contributed by atoms with Gasteiger partial charge in [0.05, 0.1) is 13.2 Å². The molecule has 2 atom stereocenters. The Balaban J connectivity index is 2.49. The Morgan fingerprint density at radius 1 is 1.56 bits per heavy atom. The van der Waals surface area contributed by atoms with Crippen molar-refractivity contribution >= 4 is 5.91 Å². The molecular weight excluding hydrogens is 232 g/mol. The van der Waals surface area contributed by atoms with Gasteiger partial charge in [0.2, 0.25) is 5.91 Å². The summed E-state index contributed by atoms with van der Waals surface area (Å²) in [5, 5.41) is 13.0. The fourth-order valence-corrected chi connectivity index (χ4v) is 1.65. The molecule has 18 heavy (non-hydrogen) atoms. The van der Waals surface area contributed by atoms with E-state index in [0.29, 0.717) is 12.3 Å². The van der Waals surface area contributed by atoms with Gasteiger partial charge in [-0.2, -0.15) is 0 Å². The summed E-state index contributed by atoms with van der Waals surface area (Å²) in [5.74, 6) is 0.350. The third-order valence-electron chi connectivity index (χ3n) is 2.65. The van der Waals surface area contributed by atoms with Crippen LogP contribution in [0.15, 0.2) is 24.3 Å². The molecule has 2 unspecified atom stereocenters. The molecule has 1 rings (SSSR count). The summed E-state index contributed by atoms with van der Waals surface area (Å²) in [4.78, 5) is 10.7. The minimum Gasteiger partial charge on any atom is -0.497 e. The van der Waals surface area contributed by atoms with Crippen molar-refractivity contribution < 1.29 is 14.6 Å². The van der Waals surface area contributed by atoms with Gasteiger partial charge in [0, 0.05) is 19.0 Å². The number of primary amides is 1. The highest BCUT2D eigenvalue weighted by atomic mass is 16.5. The molecule has 5 heteroatoms. The van der Waals surface area contributed by atoms with Crippen molar-refractivity contribution in [2.75, 3.05) is 13.7 Å². The van der Waals surface area contributed by atoms with Crippen molar-refractivity contribution in [2.45, 2.75) is 25.5 Å². The fourth-order valence-electron chi connectivity index (χ4n) is 1.65. The number of benzene rings is 1. The highest BCUT2D eigenvalue weighted by Gasteiger charge is 2.11. The molecule has 0 heterocycles. The van der Waals surface area contributed by atoms with Gasteiger partial charge >= 0.3 is 0 Å². The van der Waals surface area contributed by atoms with E-state index in [1.165, 1.54) is 0 Å². The van der Waals surface area contributed by atoms with E-state index in [1.807, 2.05) is 25.1 Å². The van der Waals surface area contributed by atoms with Crippen LogP contribution in [0.3, 0.4) is 0 Å². The third-order valence-corrected chi connectivity index (χ3v) is 2.65. The molecule has 0 spiro atoms. The summed E-state index contributed by atoms with van der Waals surface area (Å²) in [6, 6.07) is 7.20. The lowest BCUT2D eigenvalue weighted by atomic mass is 10.1. The van der Waals surface area contributed by atoms with E-state index < -0.39 is 6.10 Å². The lowest BCUT2D eigenvalue weighted by molar-refractivity contribution is -0.118. The normalized spacial score (nSPS) is 13.9. The molecule has 0 aliphatic rings. The molecule has 1 amide bonds. The zero-order chi connectivity index (χ0) is 13.5. The molecule has 100 valence electrons. The fraction of sp³-hybridized carbons (Fsp3) is 0.462. The number of carbonyl (C=O) groups is 1. The van der Waals surface area contributed by atoms with Gasteiger partial charge in [0.25, 0.3) is 0 Å². The van der Waals surface area contributed by atoms with E-state index in [0.717, 1.165) is 5.56 Å². The SMILES string of the molecule is COc1cccc(C(O)CNC(C)CC(N)=O)c1. The summed E-state index contributed by atoms with van der Waals surface area (Å²) >= 11 is 0. The van der Waals surface area contributed by atoms with E-state index in [4.69, 9.17) is 10.5 Å². The van der Waals surface area contributed by atoms with E-state index in [1.54, 1.807) is 13.2 Å². The van der Waals surface area contributed by atoms with Gasteiger partial charge in [-0.15, -0.1) is 0 Å². The van der Waals surface area contributed by atoms with Crippen LogP contribution in [0.2, 0.25) is 0 Å². The number of nitrogens with one attached hydrogen (secondary N) is 1. The Bertz CT molecular complexity index is 396. The molecule has 0 fully saturated rings. The van der Waals surface area contributed by atoms with Crippen LogP contribution in [-0.4, -0.2) is 30.7 Å². The minimum atomic E-state index is -0.643. The Labute approximate surface area is 107 Å². The van der Waals surface area contributed by atoms with Crippen molar-refractivity contribution in [3.63, 3.8) is 0 Å². The van der Waals surface area contributed by atoms with Gasteiger partial charge in [-0.1, -0.05) is 12.1 Å². The molecule has 0 saturated carbocycles. The number of aliphatic hydroxyl groups is 1. The molecule has 0 aliphatic heterocycles. The van der Waals surface area contributed by atoms with Gasteiger partial charge in [0.1, 0.15) is 5.75 Å². The van der Waals surface area contributed by atoms with E-state index in [2.05, 4.69) is 5.32 Å². The molecule has 0 saturated heterocycles. The molecule has 1 aromatic carbocycles. The Morgan fingerprint density at radius 2 is 2.28 bits per heavy atom. The van der Waals surface area contributed by atoms with Crippen molar-refractivity contribution in [1.29, 1.82) is 0 Å². The summed E-state index contributed by atoms with van der Waals surface area (Å²) in [7, 11) is 1.58. The molecule has 1 aromatic rings. The molecule has 4 N–H and O–H groups in total. The average molecular weight is 252 g/mol. The standard InChI is InChI=1S/C13H20N2O3/c1-9(6-13(14)17)15-8-12(16)10-4-3-5-11(7-10)18-2/h3-5,7,9,12,15-16H,6,8H2,1-2H3,(H2,14,17). The first-order chi connectivity index (χ1) is 8.52. The number of hydrogen-bond acceptors (Lipinski definition) is 4. The van der Waals surface area contributed by atoms with Crippen LogP contribution in [0.5, 0.6) is 5.75 Å². The van der Waals surface area contributed by atoms with Crippen LogP contribution in [0.25, 0.3) is 0 Å². The second kappa shape index (κ2) is 6.98. The van der Waals surface area contributed by atoms with Crippen molar-refractivity contribution in [2.24, 2.45) is 5.73 Å². The Kier molecular flexibility index (Phi) is 5.61. The number of aliphatic hydroxyl groups excluding tert-OH is 1. The van der Waals surface area contributed by atoms with Gasteiger partial charge in [-0.05, 0) is 24.6 Å². The molecule has 5 nitrogen and oxygen atoms in total. The zero-order valence-electron chi connectivity index (χ0n) is 10.7.